The van der Waals surface area contributed by atoms with Crippen LogP contribution in [0, 0.1) is 0 Å². The van der Waals surface area contributed by atoms with Gasteiger partial charge in [-0.2, -0.15) is 0 Å². The number of amides is 1. The third-order valence-corrected chi connectivity index (χ3v) is 5.37. The summed E-state index contributed by atoms with van der Waals surface area (Å²) in [7, 11) is 0. The van der Waals surface area contributed by atoms with Crippen LogP contribution < -0.4 is 5.32 Å². The molecule has 23 heavy (non-hydrogen) atoms. The van der Waals surface area contributed by atoms with Crippen LogP contribution >= 0.6 is 22.7 Å². The van der Waals surface area contributed by atoms with Crippen molar-refractivity contribution in [1.29, 1.82) is 0 Å². The van der Waals surface area contributed by atoms with E-state index in [1.54, 1.807) is 17.5 Å². The first kappa shape index (κ1) is 15.8. The van der Waals surface area contributed by atoms with Gasteiger partial charge in [-0.15, -0.1) is 32.9 Å². The van der Waals surface area contributed by atoms with Gasteiger partial charge in [-0.1, -0.05) is 37.3 Å². The second kappa shape index (κ2) is 7.43. The summed E-state index contributed by atoms with van der Waals surface area (Å²) in [5.74, 6) is -0.141. The van der Waals surface area contributed by atoms with Crippen LogP contribution in [0.3, 0.4) is 0 Å². The van der Waals surface area contributed by atoms with Gasteiger partial charge in [0.15, 0.2) is 5.01 Å². The van der Waals surface area contributed by atoms with Crippen molar-refractivity contribution >= 4 is 28.6 Å². The third-order valence-electron chi connectivity index (χ3n) is 3.19. The Morgan fingerprint density at radius 3 is 2.65 bits per heavy atom. The molecule has 0 saturated carbocycles. The molecule has 7 heteroatoms. The van der Waals surface area contributed by atoms with Gasteiger partial charge >= 0.3 is 0 Å². The summed E-state index contributed by atoms with van der Waals surface area (Å²) in [5, 5.41) is 13.5. The molecule has 1 aromatic carbocycles. The van der Waals surface area contributed by atoms with Gasteiger partial charge in [-0.25, -0.2) is 4.98 Å². The Morgan fingerprint density at radius 2 is 1.91 bits per heavy atom. The van der Waals surface area contributed by atoms with Gasteiger partial charge in [0, 0.05) is 19.2 Å². The van der Waals surface area contributed by atoms with E-state index in [9.17, 15) is 4.79 Å². The number of thiazole rings is 1. The highest BCUT2D eigenvalue weighted by molar-refractivity contribution is 7.17. The van der Waals surface area contributed by atoms with Crippen LogP contribution in [0.2, 0.25) is 0 Å². The minimum Gasteiger partial charge on any atom is -0.350 e. The summed E-state index contributed by atoms with van der Waals surface area (Å²) >= 11 is 2.99. The summed E-state index contributed by atoms with van der Waals surface area (Å²) in [5.41, 5.74) is 1.07. The number of aryl methyl sites for hydroxylation is 1. The van der Waals surface area contributed by atoms with Gasteiger partial charge in [-0.05, 0) is 12.0 Å². The third kappa shape index (κ3) is 4.00. The van der Waals surface area contributed by atoms with Gasteiger partial charge in [-0.3, -0.25) is 4.79 Å². The zero-order valence-corrected chi connectivity index (χ0v) is 14.3. The molecule has 0 bridgehead atoms. The number of rotatable bonds is 6. The Hall–Kier alpha value is -2.12. The standard InChI is InChI=1S/C16H16N4OS2/c1-2-13-19-20-14(23-13)8-9-17-15(21)16-18-10-12(22-16)11-6-4-3-5-7-11/h3-7,10H,2,8-9H2,1H3,(H,17,21). The summed E-state index contributed by atoms with van der Waals surface area (Å²) in [6.07, 6.45) is 3.33. The minimum atomic E-state index is -0.141. The van der Waals surface area contributed by atoms with E-state index >= 15 is 0 Å². The Bertz CT molecular complexity index is 782. The average molecular weight is 344 g/mol. The molecule has 0 fully saturated rings. The molecule has 0 aliphatic rings. The van der Waals surface area contributed by atoms with E-state index in [1.807, 2.05) is 30.3 Å². The molecule has 0 unspecified atom stereocenters. The predicted molar refractivity (Wildman–Crippen MR) is 92.9 cm³/mol. The highest BCUT2D eigenvalue weighted by Gasteiger charge is 2.12. The smallest absolute Gasteiger partial charge is 0.280 e. The van der Waals surface area contributed by atoms with Crippen molar-refractivity contribution in [2.24, 2.45) is 0 Å². The Labute approximate surface area is 142 Å². The normalized spacial score (nSPS) is 10.7. The number of hydrogen-bond acceptors (Lipinski definition) is 6. The van der Waals surface area contributed by atoms with E-state index in [0.29, 0.717) is 18.0 Å². The molecular weight excluding hydrogens is 328 g/mol. The molecule has 2 aromatic heterocycles. The van der Waals surface area contributed by atoms with Crippen LogP contribution in [-0.4, -0.2) is 27.6 Å². The van der Waals surface area contributed by atoms with E-state index < -0.39 is 0 Å². The van der Waals surface area contributed by atoms with E-state index in [-0.39, 0.29) is 5.91 Å². The summed E-state index contributed by atoms with van der Waals surface area (Å²) in [4.78, 5) is 17.4. The van der Waals surface area contributed by atoms with Crippen molar-refractivity contribution in [2.75, 3.05) is 6.54 Å². The van der Waals surface area contributed by atoms with Crippen LogP contribution in [-0.2, 0) is 12.8 Å². The monoisotopic (exact) mass is 344 g/mol. The van der Waals surface area contributed by atoms with E-state index in [4.69, 9.17) is 0 Å². The lowest BCUT2D eigenvalue weighted by molar-refractivity contribution is 0.0954. The van der Waals surface area contributed by atoms with Crippen LogP contribution in [0.4, 0.5) is 0 Å². The number of nitrogens with one attached hydrogen (secondary N) is 1. The Kier molecular flexibility index (Phi) is 5.09. The molecule has 1 N–H and O–H groups in total. The average Bonchev–Trinajstić information content (AvgIpc) is 3.25. The Balaban J connectivity index is 1.55. The van der Waals surface area contributed by atoms with Gasteiger partial charge in [0.1, 0.15) is 10.0 Å². The quantitative estimate of drug-likeness (QED) is 0.746. The zero-order chi connectivity index (χ0) is 16.1. The van der Waals surface area contributed by atoms with Crippen molar-refractivity contribution in [2.45, 2.75) is 19.8 Å². The minimum absolute atomic E-state index is 0.141. The highest BCUT2D eigenvalue weighted by Crippen LogP contribution is 2.25. The fourth-order valence-electron chi connectivity index (χ4n) is 2.01. The molecule has 5 nitrogen and oxygen atoms in total. The summed E-state index contributed by atoms with van der Waals surface area (Å²) in [6.45, 7) is 2.59. The molecule has 2 heterocycles. The lowest BCUT2D eigenvalue weighted by Crippen LogP contribution is -2.25. The number of hydrogen-bond donors (Lipinski definition) is 1. The lowest BCUT2D eigenvalue weighted by Gasteiger charge is -2.00. The predicted octanol–water partition coefficient (Wildman–Crippen LogP) is 3.20. The molecular formula is C16H16N4OS2. The van der Waals surface area contributed by atoms with Crippen molar-refractivity contribution < 1.29 is 4.79 Å². The fourth-order valence-corrected chi connectivity index (χ4v) is 3.63. The van der Waals surface area contributed by atoms with E-state index in [0.717, 1.165) is 26.9 Å². The fraction of sp³-hybridized carbons (Fsp3) is 0.250. The second-order valence-corrected chi connectivity index (χ2v) is 7.02. The molecule has 118 valence electrons. The molecule has 1 amide bonds. The van der Waals surface area contributed by atoms with E-state index in [1.165, 1.54) is 11.3 Å². The largest absolute Gasteiger partial charge is 0.350 e. The van der Waals surface area contributed by atoms with Crippen LogP contribution in [0.1, 0.15) is 26.7 Å². The topological polar surface area (TPSA) is 67.8 Å². The molecule has 0 saturated heterocycles. The highest BCUT2D eigenvalue weighted by atomic mass is 32.1. The molecule has 0 aliphatic heterocycles. The molecule has 0 radical (unpaired) electrons. The number of carbonyl (C=O) groups excluding carboxylic acids is 1. The molecule has 0 spiro atoms. The van der Waals surface area contributed by atoms with Crippen LogP contribution in [0.15, 0.2) is 36.5 Å². The maximum Gasteiger partial charge on any atom is 0.280 e. The molecule has 3 rings (SSSR count). The lowest BCUT2D eigenvalue weighted by atomic mass is 10.2. The number of nitrogens with zero attached hydrogens (tertiary/aromatic N) is 3. The first-order valence-electron chi connectivity index (χ1n) is 7.37. The summed E-state index contributed by atoms with van der Waals surface area (Å²) in [6, 6.07) is 9.93. The number of aromatic nitrogens is 3. The van der Waals surface area contributed by atoms with Gasteiger partial charge in [0.05, 0.1) is 4.88 Å². The molecule has 3 aromatic rings. The van der Waals surface area contributed by atoms with Gasteiger partial charge < -0.3 is 5.32 Å². The van der Waals surface area contributed by atoms with Crippen LogP contribution in [0.5, 0.6) is 0 Å². The molecule has 0 atom stereocenters. The number of benzene rings is 1. The molecule has 0 aliphatic carbocycles. The van der Waals surface area contributed by atoms with Gasteiger partial charge in [0.25, 0.3) is 5.91 Å². The van der Waals surface area contributed by atoms with E-state index in [2.05, 4.69) is 27.4 Å². The SMILES string of the molecule is CCc1nnc(CCNC(=O)c2ncc(-c3ccccc3)s2)s1. The van der Waals surface area contributed by atoms with Crippen molar-refractivity contribution in [3.05, 3.63) is 51.6 Å². The first-order valence-corrected chi connectivity index (χ1v) is 9.00. The first-order chi connectivity index (χ1) is 11.3. The van der Waals surface area contributed by atoms with Crippen LogP contribution in [0.25, 0.3) is 10.4 Å². The maximum absolute atomic E-state index is 12.1. The van der Waals surface area contributed by atoms with Crippen molar-refractivity contribution in [1.82, 2.24) is 20.5 Å². The maximum atomic E-state index is 12.1. The number of carbonyl (C=O) groups is 1. The second-order valence-electron chi connectivity index (χ2n) is 4.84. The summed E-state index contributed by atoms with van der Waals surface area (Å²) < 4.78 is 0. The van der Waals surface area contributed by atoms with Crippen molar-refractivity contribution in [3.63, 3.8) is 0 Å². The Morgan fingerprint density at radius 1 is 1.13 bits per heavy atom. The van der Waals surface area contributed by atoms with Crippen molar-refractivity contribution in [3.8, 4) is 10.4 Å². The van der Waals surface area contributed by atoms with Gasteiger partial charge in [0.2, 0.25) is 0 Å². The zero-order valence-electron chi connectivity index (χ0n) is 12.7.